The van der Waals surface area contributed by atoms with E-state index in [0.29, 0.717) is 20.6 Å². The summed E-state index contributed by atoms with van der Waals surface area (Å²) in [4.78, 5) is 42.9. The molecule has 2 amide bonds. The second kappa shape index (κ2) is 8.30. The van der Waals surface area contributed by atoms with Gasteiger partial charge in [-0.1, -0.05) is 52.9 Å². The molecular weight excluding hydrogens is 470 g/mol. The summed E-state index contributed by atoms with van der Waals surface area (Å²) in [6, 6.07) is 13.9. The predicted octanol–water partition coefficient (Wildman–Crippen LogP) is 4.28. The van der Waals surface area contributed by atoms with Gasteiger partial charge in [0, 0.05) is 27.1 Å². The molecule has 11 heteroatoms. The van der Waals surface area contributed by atoms with Crippen LogP contribution in [0.15, 0.2) is 64.0 Å². The van der Waals surface area contributed by atoms with Crippen LogP contribution in [0.3, 0.4) is 0 Å². The minimum absolute atomic E-state index is 0.193. The minimum Gasteiger partial charge on any atom is -0.324 e. The van der Waals surface area contributed by atoms with Crippen LogP contribution in [0.5, 0.6) is 0 Å². The first-order chi connectivity index (χ1) is 15.5. The minimum atomic E-state index is -1.49. The molecule has 3 heterocycles. The number of carbonyl (C=O) groups excluding carboxylic acids is 3. The summed E-state index contributed by atoms with van der Waals surface area (Å²) in [7, 11) is 0. The largest absolute Gasteiger partial charge is 0.324 e. The van der Waals surface area contributed by atoms with Gasteiger partial charge >= 0.3 is 0 Å². The van der Waals surface area contributed by atoms with Gasteiger partial charge < -0.3 is 5.32 Å². The van der Waals surface area contributed by atoms with Gasteiger partial charge in [-0.3, -0.25) is 24.7 Å². The number of carbonyl (C=O) groups is 3. The molecule has 4 aromatic rings. The summed E-state index contributed by atoms with van der Waals surface area (Å²) in [5.74, 6) is -3.47. The SMILES string of the molecule is O=C(Nc1nnc(Sc2ccnc3cc(Cl)ccc23)s1)C1C(=O)Nc2ccccc2C1=O. The van der Waals surface area contributed by atoms with Crippen molar-refractivity contribution in [2.24, 2.45) is 5.92 Å². The predicted molar refractivity (Wildman–Crippen MR) is 122 cm³/mol. The van der Waals surface area contributed by atoms with Gasteiger partial charge in [0.15, 0.2) is 16.0 Å². The number of amides is 2. The standard InChI is InChI=1S/C21H12ClN5O3S2/c22-10-5-6-11-14(9-10)23-8-7-15(11)31-21-27-26-20(32-21)25-19(30)16-17(28)12-3-1-2-4-13(12)24-18(16)29/h1-9,16H,(H,24,29)(H,25,26,30). The summed E-state index contributed by atoms with van der Waals surface area (Å²) in [6.45, 7) is 0. The van der Waals surface area contributed by atoms with Gasteiger partial charge in [-0.25, -0.2) is 0 Å². The number of pyridine rings is 1. The Morgan fingerprint density at radius 2 is 1.97 bits per heavy atom. The number of para-hydroxylation sites is 1. The van der Waals surface area contributed by atoms with Crippen molar-refractivity contribution in [2.75, 3.05) is 10.6 Å². The second-order valence-corrected chi connectivity index (χ2v) is 9.47. The zero-order valence-corrected chi connectivity index (χ0v) is 18.4. The first kappa shape index (κ1) is 20.6. The number of rotatable bonds is 4. The van der Waals surface area contributed by atoms with Crippen molar-refractivity contribution in [2.45, 2.75) is 9.24 Å². The number of aromatic nitrogens is 3. The van der Waals surface area contributed by atoms with Gasteiger partial charge in [0.2, 0.25) is 16.9 Å². The Hall–Kier alpha value is -3.34. The van der Waals surface area contributed by atoms with Crippen LogP contribution in [0, 0.1) is 5.92 Å². The summed E-state index contributed by atoms with van der Waals surface area (Å²) in [5, 5.41) is 14.9. The lowest BCUT2D eigenvalue weighted by atomic mass is 9.91. The highest BCUT2D eigenvalue weighted by Gasteiger charge is 2.40. The first-order valence-electron chi connectivity index (χ1n) is 9.30. The van der Waals surface area contributed by atoms with Crippen LogP contribution in [0.4, 0.5) is 10.8 Å². The number of ketones is 1. The van der Waals surface area contributed by atoms with Gasteiger partial charge in [-0.05, 0) is 30.3 Å². The Kier molecular flexibility index (Phi) is 5.33. The van der Waals surface area contributed by atoms with E-state index in [1.165, 1.54) is 11.8 Å². The lowest BCUT2D eigenvalue weighted by Gasteiger charge is -2.22. The Balaban J connectivity index is 1.33. The van der Waals surface area contributed by atoms with Crippen LogP contribution in [-0.4, -0.2) is 32.8 Å². The van der Waals surface area contributed by atoms with E-state index in [4.69, 9.17) is 11.6 Å². The van der Waals surface area contributed by atoms with Crippen LogP contribution in [0.2, 0.25) is 5.02 Å². The molecule has 8 nitrogen and oxygen atoms in total. The Labute approximate surface area is 194 Å². The molecule has 158 valence electrons. The number of nitrogens with zero attached hydrogens (tertiary/aromatic N) is 3. The molecule has 0 radical (unpaired) electrons. The Morgan fingerprint density at radius 3 is 2.84 bits per heavy atom. The average molecular weight is 482 g/mol. The van der Waals surface area contributed by atoms with E-state index in [2.05, 4.69) is 25.8 Å². The molecule has 0 saturated carbocycles. The Morgan fingerprint density at radius 1 is 1.12 bits per heavy atom. The van der Waals surface area contributed by atoms with Gasteiger partial charge in [0.25, 0.3) is 0 Å². The maximum Gasteiger partial charge on any atom is 0.246 e. The molecule has 32 heavy (non-hydrogen) atoms. The van der Waals surface area contributed by atoms with Crippen molar-refractivity contribution >= 4 is 74.0 Å². The first-order valence-corrected chi connectivity index (χ1v) is 11.3. The zero-order chi connectivity index (χ0) is 22.2. The van der Waals surface area contributed by atoms with Crippen LogP contribution >= 0.6 is 34.7 Å². The quantitative estimate of drug-likeness (QED) is 0.330. The van der Waals surface area contributed by atoms with Crippen molar-refractivity contribution < 1.29 is 14.4 Å². The van der Waals surface area contributed by atoms with Crippen LogP contribution in [0.25, 0.3) is 10.9 Å². The van der Waals surface area contributed by atoms with E-state index >= 15 is 0 Å². The third-order valence-corrected chi connectivity index (χ3v) is 6.94. The van der Waals surface area contributed by atoms with Gasteiger partial charge in [0.1, 0.15) is 0 Å². The fourth-order valence-electron chi connectivity index (χ4n) is 3.28. The Bertz CT molecular complexity index is 1410. The third-order valence-electron chi connectivity index (χ3n) is 4.74. The average Bonchev–Trinajstić information content (AvgIpc) is 3.20. The smallest absolute Gasteiger partial charge is 0.246 e. The molecule has 0 fully saturated rings. The number of fused-ring (bicyclic) bond motifs is 2. The van der Waals surface area contributed by atoms with E-state index in [9.17, 15) is 14.4 Å². The number of halogens is 1. The number of hydrogen-bond donors (Lipinski definition) is 2. The van der Waals surface area contributed by atoms with Gasteiger partial charge in [-0.2, -0.15) is 0 Å². The topological polar surface area (TPSA) is 114 Å². The maximum absolute atomic E-state index is 12.7. The van der Waals surface area contributed by atoms with Gasteiger partial charge in [-0.15, -0.1) is 10.2 Å². The lowest BCUT2D eigenvalue weighted by Crippen LogP contribution is -2.43. The van der Waals surface area contributed by atoms with Crippen LogP contribution in [0.1, 0.15) is 10.4 Å². The summed E-state index contributed by atoms with van der Waals surface area (Å²) in [6.07, 6.45) is 1.68. The van der Waals surface area contributed by atoms with E-state index < -0.39 is 23.5 Å². The van der Waals surface area contributed by atoms with E-state index in [0.717, 1.165) is 27.1 Å². The normalized spacial score (nSPS) is 15.3. The van der Waals surface area contributed by atoms with Crippen molar-refractivity contribution in [1.82, 2.24) is 15.2 Å². The number of Topliss-reactive ketones (excluding diaryl/α,β-unsaturated/α-hetero) is 1. The molecule has 0 saturated heterocycles. The fraction of sp³-hybridized carbons (Fsp3) is 0.0476. The molecule has 1 atom stereocenters. The number of nitrogens with one attached hydrogen (secondary N) is 2. The van der Waals surface area contributed by atoms with Crippen molar-refractivity contribution in [3.05, 3.63) is 65.3 Å². The molecule has 1 aliphatic heterocycles. The lowest BCUT2D eigenvalue weighted by molar-refractivity contribution is -0.127. The monoisotopic (exact) mass is 481 g/mol. The highest BCUT2D eigenvalue weighted by molar-refractivity contribution is 8.01. The molecule has 2 aromatic carbocycles. The molecule has 5 rings (SSSR count). The number of hydrogen-bond acceptors (Lipinski definition) is 8. The molecule has 1 aliphatic rings. The molecule has 0 bridgehead atoms. The molecule has 0 aliphatic carbocycles. The fourth-order valence-corrected chi connectivity index (χ4v) is 5.28. The van der Waals surface area contributed by atoms with Crippen molar-refractivity contribution in [1.29, 1.82) is 0 Å². The summed E-state index contributed by atoms with van der Waals surface area (Å²) >= 11 is 8.54. The van der Waals surface area contributed by atoms with Crippen LogP contribution in [-0.2, 0) is 9.59 Å². The molecule has 2 N–H and O–H groups in total. The summed E-state index contributed by atoms with van der Waals surface area (Å²) in [5.41, 5.74) is 1.44. The zero-order valence-electron chi connectivity index (χ0n) is 16.0. The molecular formula is C21H12ClN5O3S2. The number of anilines is 2. The van der Waals surface area contributed by atoms with E-state index in [1.807, 2.05) is 12.1 Å². The summed E-state index contributed by atoms with van der Waals surface area (Å²) < 4.78 is 0.576. The van der Waals surface area contributed by atoms with Crippen molar-refractivity contribution in [3.8, 4) is 0 Å². The molecule has 1 unspecified atom stereocenters. The van der Waals surface area contributed by atoms with Gasteiger partial charge in [0.05, 0.1) is 11.2 Å². The molecule has 0 spiro atoms. The third kappa shape index (κ3) is 3.83. The van der Waals surface area contributed by atoms with Crippen LogP contribution < -0.4 is 10.6 Å². The maximum atomic E-state index is 12.7. The van der Waals surface area contributed by atoms with E-state index in [1.54, 1.807) is 42.6 Å². The highest BCUT2D eigenvalue weighted by atomic mass is 35.5. The molecule has 2 aromatic heterocycles. The number of benzene rings is 2. The van der Waals surface area contributed by atoms with E-state index in [-0.39, 0.29) is 5.13 Å². The van der Waals surface area contributed by atoms with Crippen molar-refractivity contribution in [3.63, 3.8) is 0 Å². The highest BCUT2D eigenvalue weighted by Crippen LogP contribution is 2.36. The second-order valence-electron chi connectivity index (χ2n) is 6.77.